The topological polar surface area (TPSA) is 86.7 Å². The second-order valence-electron chi connectivity index (χ2n) is 4.72. The SMILES string of the molecule is CC(CCS(C)=O)n1nnnc1-c1cc(F)c(F)cc1N. The molecule has 1 aromatic carbocycles. The molecule has 0 radical (unpaired) electrons. The Balaban J connectivity index is 2.36. The fraction of sp³-hybridized carbons (Fsp3) is 0.417. The Bertz CT molecular complexity index is 676. The summed E-state index contributed by atoms with van der Waals surface area (Å²) in [6, 6.07) is 1.72. The van der Waals surface area contributed by atoms with Crippen molar-refractivity contribution < 1.29 is 13.0 Å². The van der Waals surface area contributed by atoms with Crippen LogP contribution in [0.3, 0.4) is 0 Å². The first kappa shape index (κ1) is 15.5. The van der Waals surface area contributed by atoms with Crippen molar-refractivity contribution in [1.82, 2.24) is 20.2 Å². The number of tetrazole rings is 1. The highest BCUT2D eigenvalue weighted by atomic mass is 32.2. The number of anilines is 1. The Morgan fingerprint density at radius 3 is 2.71 bits per heavy atom. The van der Waals surface area contributed by atoms with Gasteiger partial charge in [0.25, 0.3) is 0 Å². The van der Waals surface area contributed by atoms with Crippen LogP contribution in [0.1, 0.15) is 19.4 Å². The van der Waals surface area contributed by atoms with Crippen molar-refractivity contribution >= 4 is 16.5 Å². The first-order valence-electron chi connectivity index (χ1n) is 6.23. The van der Waals surface area contributed by atoms with Gasteiger partial charge in [0.2, 0.25) is 0 Å². The summed E-state index contributed by atoms with van der Waals surface area (Å²) in [7, 11) is -0.926. The molecule has 0 amide bonds. The molecule has 0 saturated heterocycles. The average Bonchev–Trinajstić information content (AvgIpc) is 2.89. The number of halogens is 2. The monoisotopic (exact) mass is 315 g/mol. The molecule has 0 spiro atoms. The Kier molecular flexibility index (Phi) is 4.61. The number of nitrogens with zero attached hydrogens (tertiary/aromatic N) is 4. The van der Waals surface area contributed by atoms with Gasteiger partial charge in [-0.2, -0.15) is 0 Å². The maximum absolute atomic E-state index is 13.4. The van der Waals surface area contributed by atoms with Crippen LogP contribution in [-0.4, -0.2) is 36.4 Å². The van der Waals surface area contributed by atoms with Crippen LogP contribution in [-0.2, 0) is 10.8 Å². The van der Waals surface area contributed by atoms with E-state index in [0.29, 0.717) is 12.2 Å². The highest BCUT2D eigenvalue weighted by Gasteiger charge is 2.19. The zero-order valence-corrected chi connectivity index (χ0v) is 12.4. The molecular formula is C12H15F2N5OS. The van der Waals surface area contributed by atoms with Crippen LogP contribution in [0.25, 0.3) is 11.4 Å². The molecule has 1 aromatic heterocycles. The fourth-order valence-corrected chi connectivity index (χ4v) is 2.56. The highest BCUT2D eigenvalue weighted by molar-refractivity contribution is 7.84. The summed E-state index contributed by atoms with van der Waals surface area (Å²) in [6.45, 7) is 1.85. The molecule has 2 rings (SSSR count). The van der Waals surface area contributed by atoms with Gasteiger partial charge in [0.15, 0.2) is 17.5 Å². The highest BCUT2D eigenvalue weighted by Crippen LogP contribution is 2.28. The third-order valence-electron chi connectivity index (χ3n) is 3.07. The third kappa shape index (κ3) is 3.41. The van der Waals surface area contributed by atoms with Gasteiger partial charge in [-0.3, -0.25) is 4.21 Å². The molecule has 0 aliphatic heterocycles. The smallest absolute Gasteiger partial charge is 0.184 e. The lowest BCUT2D eigenvalue weighted by atomic mass is 10.1. The van der Waals surface area contributed by atoms with Gasteiger partial charge in [0.1, 0.15) is 0 Å². The molecule has 2 unspecified atom stereocenters. The summed E-state index contributed by atoms with van der Waals surface area (Å²) in [6.07, 6.45) is 2.20. The first-order valence-corrected chi connectivity index (χ1v) is 7.95. The molecule has 0 fully saturated rings. The predicted molar refractivity (Wildman–Crippen MR) is 75.8 cm³/mol. The molecule has 0 aliphatic rings. The van der Waals surface area contributed by atoms with E-state index in [-0.39, 0.29) is 23.1 Å². The number of nitrogens with two attached hydrogens (primary N) is 1. The van der Waals surface area contributed by atoms with E-state index in [1.165, 1.54) is 4.68 Å². The minimum atomic E-state index is -1.02. The number of rotatable bonds is 5. The van der Waals surface area contributed by atoms with Crippen molar-refractivity contribution in [3.63, 3.8) is 0 Å². The molecule has 0 saturated carbocycles. The predicted octanol–water partition coefficient (Wildman–Crippen LogP) is 1.53. The summed E-state index contributed by atoms with van der Waals surface area (Å²) in [5, 5.41) is 11.2. The van der Waals surface area contributed by atoms with Gasteiger partial charge in [0, 0.05) is 40.1 Å². The van der Waals surface area contributed by atoms with Gasteiger partial charge in [0.05, 0.1) is 6.04 Å². The molecule has 2 atom stereocenters. The van der Waals surface area contributed by atoms with E-state index in [2.05, 4.69) is 15.5 Å². The van der Waals surface area contributed by atoms with E-state index in [4.69, 9.17) is 5.73 Å². The van der Waals surface area contributed by atoms with E-state index in [1.807, 2.05) is 6.92 Å². The minimum Gasteiger partial charge on any atom is -0.398 e. The number of benzene rings is 1. The van der Waals surface area contributed by atoms with Crippen LogP contribution in [0.5, 0.6) is 0 Å². The van der Waals surface area contributed by atoms with E-state index >= 15 is 0 Å². The lowest BCUT2D eigenvalue weighted by Crippen LogP contribution is -2.12. The number of hydrogen-bond acceptors (Lipinski definition) is 5. The largest absolute Gasteiger partial charge is 0.398 e. The van der Waals surface area contributed by atoms with Crippen molar-refractivity contribution in [1.29, 1.82) is 0 Å². The van der Waals surface area contributed by atoms with Crippen LogP contribution in [0.15, 0.2) is 12.1 Å². The van der Waals surface area contributed by atoms with Gasteiger partial charge >= 0.3 is 0 Å². The van der Waals surface area contributed by atoms with Crippen LogP contribution in [0.4, 0.5) is 14.5 Å². The molecule has 0 bridgehead atoms. The molecule has 6 nitrogen and oxygen atoms in total. The summed E-state index contributed by atoms with van der Waals surface area (Å²) in [5.41, 5.74) is 5.99. The van der Waals surface area contributed by atoms with E-state index in [1.54, 1.807) is 6.26 Å². The quantitative estimate of drug-likeness (QED) is 0.846. The molecule has 21 heavy (non-hydrogen) atoms. The number of aromatic nitrogens is 4. The fourth-order valence-electron chi connectivity index (χ4n) is 1.88. The summed E-state index contributed by atoms with van der Waals surface area (Å²) >= 11 is 0. The third-order valence-corrected chi connectivity index (χ3v) is 3.88. The first-order chi connectivity index (χ1) is 9.90. The summed E-state index contributed by atoms with van der Waals surface area (Å²) in [5.74, 6) is -1.30. The van der Waals surface area contributed by atoms with Crippen LogP contribution < -0.4 is 5.73 Å². The zero-order chi connectivity index (χ0) is 15.6. The molecule has 0 aliphatic carbocycles. The molecule has 1 heterocycles. The summed E-state index contributed by atoms with van der Waals surface area (Å²) < 4.78 is 39.1. The maximum Gasteiger partial charge on any atom is 0.184 e. The molecule has 114 valence electrons. The Labute approximate surface area is 122 Å². The molecule has 2 N–H and O–H groups in total. The molecule has 9 heteroatoms. The van der Waals surface area contributed by atoms with Crippen molar-refractivity contribution in [3.8, 4) is 11.4 Å². The number of nitrogen functional groups attached to an aromatic ring is 1. The van der Waals surface area contributed by atoms with Crippen molar-refractivity contribution in [2.45, 2.75) is 19.4 Å². The Morgan fingerprint density at radius 2 is 2.05 bits per heavy atom. The second-order valence-corrected chi connectivity index (χ2v) is 6.27. The van der Waals surface area contributed by atoms with E-state index in [0.717, 1.165) is 12.1 Å². The van der Waals surface area contributed by atoms with E-state index < -0.39 is 22.4 Å². The lowest BCUT2D eigenvalue weighted by molar-refractivity contribution is 0.469. The van der Waals surface area contributed by atoms with Crippen LogP contribution >= 0.6 is 0 Å². The van der Waals surface area contributed by atoms with Gasteiger partial charge in [-0.25, -0.2) is 13.5 Å². The second kappa shape index (κ2) is 6.25. The number of hydrogen-bond donors (Lipinski definition) is 1. The van der Waals surface area contributed by atoms with Crippen molar-refractivity contribution in [2.75, 3.05) is 17.7 Å². The van der Waals surface area contributed by atoms with Gasteiger partial charge in [-0.05, 0) is 29.8 Å². The van der Waals surface area contributed by atoms with Crippen LogP contribution in [0, 0.1) is 11.6 Å². The standard InChI is InChI=1S/C12H15F2N5OS/c1-7(3-4-21(2)20)19-12(16-17-18-19)8-5-9(13)10(14)6-11(8)15/h5-7H,3-4,15H2,1-2H3. The van der Waals surface area contributed by atoms with Crippen molar-refractivity contribution in [3.05, 3.63) is 23.8 Å². The minimum absolute atomic E-state index is 0.0521. The van der Waals surface area contributed by atoms with Gasteiger partial charge < -0.3 is 5.73 Å². The van der Waals surface area contributed by atoms with E-state index in [9.17, 15) is 13.0 Å². The normalized spacial score (nSPS) is 14.1. The lowest BCUT2D eigenvalue weighted by Gasteiger charge is -2.13. The average molecular weight is 315 g/mol. The Morgan fingerprint density at radius 1 is 1.38 bits per heavy atom. The molecule has 2 aromatic rings. The van der Waals surface area contributed by atoms with Gasteiger partial charge in [-0.15, -0.1) is 5.10 Å². The summed E-state index contributed by atoms with van der Waals surface area (Å²) in [4.78, 5) is 0. The van der Waals surface area contributed by atoms with Crippen LogP contribution in [0.2, 0.25) is 0 Å². The maximum atomic E-state index is 13.4. The Hall–Kier alpha value is -1.90. The van der Waals surface area contributed by atoms with Crippen molar-refractivity contribution in [2.24, 2.45) is 0 Å². The molecular weight excluding hydrogens is 300 g/mol. The van der Waals surface area contributed by atoms with Gasteiger partial charge in [-0.1, -0.05) is 0 Å². The zero-order valence-electron chi connectivity index (χ0n) is 11.6.